The van der Waals surface area contributed by atoms with E-state index in [0.717, 1.165) is 6.42 Å². The fourth-order valence-corrected chi connectivity index (χ4v) is 4.37. The normalized spacial score (nSPS) is 12.0. The van der Waals surface area contributed by atoms with E-state index < -0.39 is 10.8 Å². The van der Waals surface area contributed by atoms with E-state index in [1.165, 1.54) is 12.1 Å². The number of aromatic nitrogens is 1. The molecule has 0 aliphatic rings. The van der Waals surface area contributed by atoms with Crippen LogP contribution in [0.5, 0.6) is 5.75 Å². The first-order chi connectivity index (χ1) is 13.0. The van der Waals surface area contributed by atoms with Gasteiger partial charge in [0.05, 0.1) is 26.8 Å². The second kappa shape index (κ2) is 8.59. The van der Waals surface area contributed by atoms with E-state index in [1.54, 1.807) is 35.0 Å². The third-order valence-corrected chi connectivity index (χ3v) is 5.91. The molecule has 0 amide bonds. The van der Waals surface area contributed by atoms with Crippen molar-refractivity contribution in [3.05, 3.63) is 71.3 Å². The molecule has 0 saturated heterocycles. The van der Waals surface area contributed by atoms with Crippen molar-refractivity contribution in [2.75, 3.05) is 6.61 Å². The Balaban J connectivity index is 2.05. The number of hydrogen-bond acceptors (Lipinski definition) is 3. The molecule has 0 spiro atoms. The van der Waals surface area contributed by atoms with Crippen molar-refractivity contribution in [2.45, 2.75) is 23.1 Å². The molecule has 2 aromatic carbocycles. The first-order valence-corrected chi connectivity index (χ1v) is 10.2. The summed E-state index contributed by atoms with van der Waals surface area (Å²) in [5.74, 6) is 0.344. The van der Waals surface area contributed by atoms with E-state index in [9.17, 15) is 8.60 Å². The van der Waals surface area contributed by atoms with Gasteiger partial charge in [-0.05, 0) is 42.3 Å². The highest BCUT2D eigenvalue weighted by Crippen LogP contribution is 2.28. The molecule has 1 atom stereocenters. The second-order valence-corrected chi connectivity index (χ2v) is 7.99. The van der Waals surface area contributed by atoms with Crippen molar-refractivity contribution in [1.29, 1.82) is 0 Å². The van der Waals surface area contributed by atoms with Gasteiger partial charge >= 0.3 is 0 Å². The van der Waals surface area contributed by atoms with Crippen LogP contribution in [0.25, 0.3) is 11.1 Å². The summed E-state index contributed by atoms with van der Waals surface area (Å²) in [6, 6.07) is 13.5. The van der Waals surface area contributed by atoms with E-state index >= 15 is 0 Å². The van der Waals surface area contributed by atoms with E-state index in [2.05, 4.69) is 0 Å². The number of rotatable bonds is 6. The highest BCUT2D eigenvalue weighted by molar-refractivity contribution is 7.85. The number of nitrogens with zero attached hydrogens (tertiary/aromatic N) is 1. The maximum absolute atomic E-state index is 13.6. The Morgan fingerprint density at radius 3 is 2.67 bits per heavy atom. The fourth-order valence-electron chi connectivity index (χ4n) is 2.70. The van der Waals surface area contributed by atoms with Gasteiger partial charge in [0.15, 0.2) is 0 Å². The molecule has 6 heteroatoms. The van der Waals surface area contributed by atoms with Crippen LogP contribution in [-0.2, 0) is 17.8 Å². The third kappa shape index (κ3) is 4.51. The van der Waals surface area contributed by atoms with Gasteiger partial charge in [0.1, 0.15) is 11.6 Å². The molecule has 140 valence electrons. The van der Waals surface area contributed by atoms with Crippen LogP contribution in [0.2, 0.25) is 0 Å². The molecule has 0 aliphatic heterocycles. The molecule has 0 radical (unpaired) electrons. The van der Waals surface area contributed by atoms with Gasteiger partial charge in [-0.3, -0.25) is 0 Å². The van der Waals surface area contributed by atoms with Crippen LogP contribution in [0.3, 0.4) is 0 Å². The molecule has 3 aromatic rings. The molecule has 1 heterocycles. The van der Waals surface area contributed by atoms with Crippen LogP contribution in [0, 0.1) is 10.3 Å². The molecule has 1 aromatic heterocycles. The Bertz CT molecular complexity index is 1050. The lowest BCUT2D eigenvalue weighted by Crippen LogP contribution is -2.02. The van der Waals surface area contributed by atoms with Gasteiger partial charge in [-0.1, -0.05) is 37.3 Å². The highest BCUT2D eigenvalue weighted by Gasteiger charge is 2.14. The number of benzene rings is 2. The molecular weight excluding hydrogens is 381 g/mol. The smallest absolute Gasteiger partial charge is 0.123 e. The average molecular weight is 402 g/mol. The van der Waals surface area contributed by atoms with Crippen LogP contribution in [-0.4, -0.2) is 15.4 Å². The molecule has 0 aliphatic carbocycles. The zero-order valence-corrected chi connectivity index (χ0v) is 16.8. The first kappa shape index (κ1) is 19.5. The maximum Gasteiger partial charge on any atom is 0.123 e. The van der Waals surface area contributed by atoms with E-state index in [0.29, 0.717) is 37.8 Å². The Labute approximate surface area is 165 Å². The Kier molecular flexibility index (Phi) is 6.19. The highest BCUT2D eigenvalue weighted by atomic mass is 32.2. The molecular formula is C21H20FNO2S2. The summed E-state index contributed by atoms with van der Waals surface area (Å²) in [5, 5.41) is 0. The third-order valence-electron chi connectivity index (χ3n) is 3.95. The lowest BCUT2D eigenvalue weighted by Gasteiger charge is -2.11. The van der Waals surface area contributed by atoms with Crippen LogP contribution in [0.1, 0.15) is 13.3 Å². The van der Waals surface area contributed by atoms with Crippen LogP contribution < -0.4 is 4.74 Å². The van der Waals surface area contributed by atoms with Gasteiger partial charge in [-0.2, -0.15) is 0 Å². The summed E-state index contributed by atoms with van der Waals surface area (Å²) in [5.41, 5.74) is 1.34. The molecule has 0 N–H and O–H groups in total. The molecule has 3 nitrogen and oxygen atoms in total. The zero-order chi connectivity index (χ0) is 19.4. The van der Waals surface area contributed by atoms with Gasteiger partial charge in [0.25, 0.3) is 0 Å². The molecule has 3 rings (SSSR count). The van der Waals surface area contributed by atoms with Crippen molar-refractivity contribution in [1.82, 2.24) is 4.57 Å². The quantitative estimate of drug-likeness (QED) is 0.510. The van der Waals surface area contributed by atoms with E-state index in [4.69, 9.17) is 17.0 Å². The molecule has 0 saturated carbocycles. The first-order valence-electron chi connectivity index (χ1n) is 8.60. The summed E-state index contributed by atoms with van der Waals surface area (Å²) in [6.07, 6.45) is 4.47. The number of ether oxygens (including phenoxy) is 1. The van der Waals surface area contributed by atoms with Gasteiger partial charge in [-0.15, -0.1) is 0 Å². The predicted octanol–water partition coefficient (Wildman–Crippen LogP) is 5.52. The minimum atomic E-state index is -1.47. The predicted molar refractivity (Wildman–Crippen MR) is 109 cm³/mol. The SMILES string of the molecule is CCCOc1cccc(S(=O)c2cn(C)cc(-c3cccc(F)c3)c2=S)c1. The monoisotopic (exact) mass is 401 g/mol. The maximum atomic E-state index is 13.6. The van der Waals surface area contributed by atoms with Crippen molar-refractivity contribution >= 4 is 23.0 Å². The van der Waals surface area contributed by atoms with Crippen molar-refractivity contribution in [3.8, 4) is 16.9 Å². The van der Waals surface area contributed by atoms with Crippen molar-refractivity contribution in [2.24, 2.45) is 7.05 Å². The average Bonchev–Trinajstić information content (AvgIpc) is 2.67. The number of halogens is 1. The number of hydrogen-bond donors (Lipinski definition) is 0. The van der Waals surface area contributed by atoms with Gasteiger partial charge in [-0.25, -0.2) is 8.60 Å². The van der Waals surface area contributed by atoms with Gasteiger partial charge < -0.3 is 9.30 Å². The second-order valence-electron chi connectivity index (χ2n) is 6.13. The summed E-state index contributed by atoms with van der Waals surface area (Å²) in [6.45, 7) is 2.63. The lowest BCUT2D eigenvalue weighted by atomic mass is 10.1. The van der Waals surface area contributed by atoms with Gasteiger partial charge in [0, 0.05) is 29.9 Å². The molecule has 1 unspecified atom stereocenters. The van der Waals surface area contributed by atoms with E-state index in [1.807, 2.05) is 32.3 Å². The number of aryl methyl sites for hydroxylation is 1. The Morgan fingerprint density at radius 2 is 1.93 bits per heavy atom. The summed E-state index contributed by atoms with van der Waals surface area (Å²) < 4.78 is 34.7. The lowest BCUT2D eigenvalue weighted by molar-refractivity contribution is 0.316. The molecule has 0 bridgehead atoms. The van der Waals surface area contributed by atoms with E-state index in [-0.39, 0.29) is 5.82 Å². The summed E-state index contributed by atoms with van der Waals surface area (Å²) in [7, 11) is 0.360. The topological polar surface area (TPSA) is 31.2 Å². The Hall–Kier alpha value is -2.31. The van der Waals surface area contributed by atoms with Gasteiger partial charge in [0.2, 0.25) is 0 Å². The standard InChI is InChI=1S/C21H20FNO2S2/c1-3-10-25-17-8-5-9-18(12-17)27(24)20-14-23(2)13-19(21(20)26)15-6-4-7-16(22)11-15/h4-9,11-14H,3,10H2,1-2H3. The summed E-state index contributed by atoms with van der Waals surface area (Å²) >= 11 is 5.60. The van der Waals surface area contributed by atoms with Crippen LogP contribution in [0.15, 0.2) is 70.7 Å². The largest absolute Gasteiger partial charge is 0.494 e. The molecule has 27 heavy (non-hydrogen) atoms. The van der Waals surface area contributed by atoms with Crippen molar-refractivity contribution in [3.63, 3.8) is 0 Å². The fraction of sp³-hybridized carbons (Fsp3) is 0.190. The summed E-state index contributed by atoms with van der Waals surface area (Å²) in [4.78, 5) is 1.13. The minimum absolute atomic E-state index is 0.336. The minimum Gasteiger partial charge on any atom is -0.494 e. The number of pyridine rings is 1. The van der Waals surface area contributed by atoms with Crippen LogP contribution in [0.4, 0.5) is 4.39 Å². The van der Waals surface area contributed by atoms with Crippen LogP contribution >= 0.6 is 12.2 Å². The molecule has 0 fully saturated rings. The zero-order valence-electron chi connectivity index (χ0n) is 15.1. The Morgan fingerprint density at radius 1 is 1.15 bits per heavy atom. The van der Waals surface area contributed by atoms with Crippen molar-refractivity contribution < 1.29 is 13.3 Å².